The van der Waals surface area contributed by atoms with Gasteiger partial charge in [0.1, 0.15) is 0 Å². The molecule has 3 aromatic carbocycles. The van der Waals surface area contributed by atoms with Crippen molar-refractivity contribution < 1.29 is 9.90 Å². The number of hydrogen-bond donors (Lipinski definition) is 2. The van der Waals surface area contributed by atoms with E-state index in [1.54, 1.807) is 4.90 Å². The van der Waals surface area contributed by atoms with E-state index in [2.05, 4.69) is 34.1 Å². The van der Waals surface area contributed by atoms with Gasteiger partial charge in [0.2, 0.25) is 0 Å². The molecule has 0 radical (unpaired) electrons. The highest BCUT2D eigenvalue weighted by atomic mass is 16.4. The summed E-state index contributed by atoms with van der Waals surface area (Å²) in [7, 11) is 0. The Labute approximate surface area is 204 Å². The number of amides is 1. The molecule has 0 saturated carbocycles. The fourth-order valence-electron chi connectivity index (χ4n) is 5.27. The van der Waals surface area contributed by atoms with Crippen molar-refractivity contribution in [3.63, 3.8) is 0 Å². The van der Waals surface area contributed by atoms with Gasteiger partial charge in [0, 0.05) is 37.4 Å². The van der Waals surface area contributed by atoms with E-state index < -0.39 is 6.09 Å². The van der Waals surface area contributed by atoms with Crippen molar-refractivity contribution in [2.45, 2.75) is 37.9 Å². The number of H-pyrrole nitrogens is 1. The number of carbonyl (C=O) groups is 1. The van der Waals surface area contributed by atoms with Crippen molar-refractivity contribution in [2.24, 2.45) is 0 Å². The first-order valence-electron chi connectivity index (χ1n) is 12.1. The average Bonchev–Trinajstić information content (AvgIpc) is 3.23. The quantitative estimate of drug-likeness (QED) is 0.393. The van der Waals surface area contributed by atoms with Crippen LogP contribution in [0, 0.1) is 0 Å². The van der Waals surface area contributed by atoms with E-state index in [-0.39, 0.29) is 17.8 Å². The lowest BCUT2D eigenvalue weighted by molar-refractivity contribution is 0.0888. The summed E-state index contributed by atoms with van der Waals surface area (Å²) in [6.45, 7) is 1.87. The Morgan fingerprint density at radius 1 is 0.971 bits per heavy atom. The van der Waals surface area contributed by atoms with Crippen molar-refractivity contribution >= 4 is 22.8 Å². The molecule has 2 N–H and O–H groups in total. The van der Waals surface area contributed by atoms with Crippen molar-refractivity contribution in [1.29, 1.82) is 0 Å². The van der Waals surface area contributed by atoms with Crippen LogP contribution in [0.3, 0.4) is 0 Å². The van der Waals surface area contributed by atoms with Crippen LogP contribution in [-0.4, -0.2) is 44.8 Å². The van der Waals surface area contributed by atoms with Crippen molar-refractivity contribution in [3.05, 3.63) is 101 Å². The van der Waals surface area contributed by atoms with E-state index in [1.165, 1.54) is 5.56 Å². The van der Waals surface area contributed by atoms with Gasteiger partial charge in [-0.1, -0.05) is 60.7 Å². The summed E-state index contributed by atoms with van der Waals surface area (Å²) in [5.74, 6) is 0. The van der Waals surface area contributed by atoms with Crippen LogP contribution in [0.2, 0.25) is 0 Å². The number of hydrogen-bond acceptors (Lipinski definition) is 3. The molecule has 2 unspecified atom stereocenters. The number of aromatic nitrogens is 2. The highest BCUT2D eigenvalue weighted by Gasteiger charge is 2.33. The molecule has 1 fully saturated rings. The van der Waals surface area contributed by atoms with Gasteiger partial charge in [-0.25, -0.2) is 9.59 Å². The second-order valence-corrected chi connectivity index (χ2v) is 9.16. The van der Waals surface area contributed by atoms with Crippen molar-refractivity contribution in [2.75, 3.05) is 18.0 Å². The molecule has 1 amide bonds. The number of rotatable bonds is 7. The summed E-state index contributed by atoms with van der Waals surface area (Å²) in [6.07, 6.45) is 1.02. The lowest BCUT2D eigenvalue weighted by Crippen LogP contribution is -2.48. The molecule has 35 heavy (non-hydrogen) atoms. The first kappa shape index (κ1) is 22.8. The van der Waals surface area contributed by atoms with E-state index in [1.807, 2.05) is 65.2 Å². The lowest BCUT2D eigenvalue weighted by Gasteiger charge is -2.39. The van der Waals surface area contributed by atoms with E-state index in [4.69, 9.17) is 0 Å². The topological polar surface area (TPSA) is 81.6 Å². The molecule has 5 rings (SSSR count). The van der Waals surface area contributed by atoms with Crippen LogP contribution in [-0.2, 0) is 6.54 Å². The van der Waals surface area contributed by atoms with Gasteiger partial charge in [0.15, 0.2) is 0 Å². The van der Waals surface area contributed by atoms with E-state index in [9.17, 15) is 14.7 Å². The molecule has 2 atom stereocenters. The molecule has 1 aliphatic rings. The summed E-state index contributed by atoms with van der Waals surface area (Å²) in [5.41, 5.74) is 3.87. The van der Waals surface area contributed by atoms with Crippen LogP contribution < -0.4 is 10.6 Å². The molecular weight excluding hydrogens is 440 g/mol. The summed E-state index contributed by atoms with van der Waals surface area (Å²) >= 11 is 0. The largest absolute Gasteiger partial charge is 0.465 e. The van der Waals surface area contributed by atoms with E-state index in [0.717, 1.165) is 23.3 Å². The molecule has 4 aromatic rings. The summed E-state index contributed by atoms with van der Waals surface area (Å²) in [4.78, 5) is 31.7. The number of carboxylic acid groups (broad SMARTS) is 1. The number of benzene rings is 3. The number of piperidine rings is 1. The van der Waals surface area contributed by atoms with Gasteiger partial charge in [-0.3, -0.25) is 4.57 Å². The van der Waals surface area contributed by atoms with Crippen LogP contribution >= 0.6 is 0 Å². The molecule has 1 aromatic heterocycles. The first-order valence-corrected chi connectivity index (χ1v) is 12.1. The normalized spacial score (nSPS) is 18.0. The summed E-state index contributed by atoms with van der Waals surface area (Å²) in [6, 6.07) is 28.0. The van der Waals surface area contributed by atoms with Crippen LogP contribution in [0.5, 0.6) is 0 Å². The Kier molecular flexibility index (Phi) is 6.57. The molecule has 180 valence electrons. The lowest BCUT2D eigenvalue weighted by atomic mass is 9.94. The van der Waals surface area contributed by atoms with Gasteiger partial charge < -0.3 is 19.9 Å². The predicted molar refractivity (Wildman–Crippen MR) is 138 cm³/mol. The highest BCUT2D eigenvalue weighted by Crippen LogP contribution is 2.31. The SMILES string of the molecule is O=C(O)N1CCC(n2c(=O)[nH]c3ccccc32)CC1CCN(Cc1ccccc1)c1ccccc1. The molecule has 0 bridgehead atoms. The Morgan fingerprint density at radius 2 is 1.66 bits per heavy atom. The molecular formula is C28H30N4O3. The van der Waals surface area contributed by atoms with Crippen LogP contribution in [0.4, 0.5) is 10.5 Å². The average molecular weight is 471 g/mol. The second kappa shape index (κ2) is 10.1. The fraction of sp³-hybridized carbons (Fsp3) is 0.286. The van der Waals surface area contributed by atoms with Gasteiger partial charge in [-0.15, -0.1) is 0 Å². The van der Waals surface area contributed by atoms with Crippen molar-refractivity contribution in [3.8, 4) is 0 Å². The van der Waals surface area contributed by atoms with Crippen LogP contribution in [0.15, 0.2) is 89.7 Å². The monoisotopic (exact) mass is 470 g/mol. The molecule has 7 heteroatoms. The van der Waals surface area contributed by atoms with Gasteiger partial charge >= 0.3 is 11.8 Å². The predicted octanol–water partition coefficient (Wildman–Crippen LogP) is 5.11. The molecule has 0 spiro atoms. The Balaban J connectivity index is 1.38. The molecule has 0 aliphatic carbocycles. The third kappa shape index (κ3) is 4.94. The third-order valence-electron chi connectivity index (χ3n) is 6.99. The number of nitrogens with zero attached hydrogens (tertiary/aromatic N) is 3. The van der Waals surface area contributed by atoms with Gasteiger partial charge in [-0.2, -0.15) is 0 Å². The summed E-state index contributed by atoms with van der Waals surface area (Å²) < 4.78 is 1.82. The number of aromatic amines is 1. The minimum absolute atomic E-state index is 0.0430. The number of para-hydroxylation sites is 3. The fourth-order valence-corrected chi connectivity index (χ4v) is 5.27. The van der Waals surface area contributed by atoms with Gasteiger partial charge in [0.25, 0.3) is 0 Å². The Morgan fingerprint density at radius 3 is 2.40 bits per heavy atom. The number of imidazole rings is 1. The van der Waals surface area contributed by atoms with Crippen LogP contribution in [0.1, 0.15) is 30.9 Å². The number of nitrogens with one attached hydrogen (secondary N) is 1. The zero-order valence-corrected chi connectivity index (χ0v) is 19.6. The Bertz CT molecular complexity index is 1330. The second-order valence-electron chi connectivity index (χ2n) is 9.16. The van der Waals surface area contributed by atoms with Gasteiger partial charge in [0.05, 0.1) is 11.0 Å². The highest BCUT2D eigenvalue weighted by molar-refractivity contribution is 5.75. The maximum absolute atomic E-state index is 12.8. The standard InChI is InChI=1S/C28H30N4O3/c33-27-29-25-13-7-8-14-26(25)32(27)24-16-18-31(28(34)35)23(19-24)15-17-30(22-11-5-2-6-12-22)20-21-9-3-1-4-10-21/h1-14,23-24H,15-20H2,(H,29,33)(H,34,35). The molecule has 1 aliphatic heterocycles. The molecule has 7 nitrogen and oxygen atoms in total. The number of fused-ring (bicyclic) bond motifs is 1. The van der Waals surface area contributed by atoms with Crippen LogP contribution in [0.25, 0.3) is 11.0 Å². The maximum atomic E-state index is 12.8. The molecule has 2 heterocycles. The van der Waals surface area contributed by atoms with Gasteiger partial charge in [-0.05, 0) is 49.1 Å². The Hall–Kier alpha value is -4.00. The third-order valence-corrected chi connectivity index (χ3v) is 6.99. The van der Waals surface area contributed by atoms with Crippen molar-refractivity contribution in [1.82, 2.24) is 14.5 Å². The zero-order valence-electron chi connectivity index (χ0n) is 19.6. The summed E-state index contributed by atoms with van der Waals surface area (Å²) in [5, 5.41) is 9.91. The van der Waals surface area contributed by atoms with E-state index in [0.29, 0.717) is 32.4 Å². The first-order chi connectivity index (χ1) is 17.1. The maximum Gasteiger partial charge on any atom is 0.407 e. The zero-order chi connectivity index (χ0) is 24.2. The smallest absolute Gasteiger partial charge is 0.407 e. The molecule has 1 saturated heterocycles. The number of anilines is 1. The van der Waals surface area contributed by atoms with E-state index >= 15 is 0 Å². The minimum atomic E-state index is -0.894. The minimum Gasteiger partial charge on any atom is -0.465 e. The number of likely N-dealkylation sites (tertiary alicyclic amines) is 1.